The third kappa shape index (κ3) is 5.33. The van der Waals surface area contributed by atoms with Crippen LogP contribution in [0.15, 0.2) is 71.5 Å². The van der Waals surface area contributed by atoms with Gasteiger partial charge in [-0.05, 0) is 49.6 Å². The summed E-state index contributed by atoms with van der Waals surface area (Å²) in [5.74, 6) is 0.486. The molecule has 144 valence electrons. The van der Waals surface area contributed by atoms with Gasteiger partial charge in [0.05, 0.1) is 6.61 Å². The summed E-state index contributed by atoms with van der Waals surface area (Å²) >= 11 is 0. The first-order valence-corrected chi connectivity index (χ1v) is 9.40. The lowest BCUT2D eigenvalue weighted by atomic mass is 10.1. The maximum Gasteiger partial charge on any atom is 0.261 e. The first-order chi connectivity index (χ1) is 13.6. The van der Waals surface area contributed by atoms with Crippen LogP contribution >= 0.6 is 0 Å². The molecule has 0 aliphatic rings. The van der Waals surface area contributed by atoms with Crippen molar-refractivity contribution in [2.75, 3.05) is 13.2 Å². The Bertz CT molecular complexity index is 963. The number of H-pyrrole nitrogens is 1. The van der Waals surface area contributed by atoms with E-state index in [2.05, 4.69) is 10.3 Å². The number of nitrogens with one attached hydrogen (secondary N) is 2. The van der Waals surface area contributed by atoms with Crippen LogP contribution in [0.1, 0.15) is 28.8 Å². The molecule has 0 saturated carbocycles. The minimum Gasteiger partial charge on any atom is -0.494 e. The van der Waals surface area contributed by atoms with Gasteiger partial charge in [-0.3, -0.25) is 9.59 Å². The van der Waals surface area contributed by atoms with Crippen LogP contribution in [-0.4, -0.2) is 24.0 Å². The second-order valence-corrected chi connectivity index (χ2v) is 6.61. The lowest BCUT2D eigenvalue weighted by Crippen LogP contribution is -2.30. The number of pyridine rings is 1. The Morgan fingerprint density at radius 2 is 1.71 bits per heavy atom. The molecule has 2 aromatic carbocycles. The number of hydrogen-bond acceptors (Lipinski definition) is 3. The summed E-state index contributed by atoms with van der Waals surface area (Å²) in [6.45, 7) is 3.12. The number of hydrogen-bond donors (Lipinski definition) is 2. The molecule has 0 unspecified atom stereocenters. The number of aromatic amines is 1. The van der Waals surface area contributed by atoms with Crippen molar-refractivity contribution in [3.8, 4) is 17.0 Å². The largest absolute Gasteiger partial charge is 0.494 e. The lowest BCUT2D eigenvalue weighted by molar-refractivity contribution is 0.0951. The van der Waals surface area contributed by atoms with Crippen LogP contribution in [-0.2, 0) is 0 Å². The van der Waals surface area contributed by atoms with Crippen LogP contribution in [0.25, 0.3) is 11.3 Å². The van der Waals surface area contributed by atoms with Crippen molar-refractivity contribution in [1.82, 2.24) is 10.3 Å². The molecule has 2 N–H and O–H groups in total. The highest BCUT2D eigenvalue weighted by Crippen LogP contribution is 2.14. The quantitative estimate of drug-likeness (QED) is 0.585. The third-order valence-electron chi connectivity index (χ3n) is 4.39. The summed E-state index contributed by atoms with van der Waals surface area (Å²) in [7, 11) is 0. The van der Waals surface area contributed by atoms with E-state index in [1.807, 2.05) is 61.5 Å². The summed E-state index contributed by atoms with van der Waals surface area (Å²) in [5, 5.41) is 2.79. The van der Waals surface area contributed by atoms with E-state index >= 15 is 0 Å². The van der Waals surface area contributed by atoms with Gasteiger partial charge in [-0.1, -0.05) is 48.0 Å². The van der Waals surface area contributed by atoms with E-state index in [4.69, 9.17) is 4.74 Å². The molecule has 0 saturated heterocycles. The molecule has 3 rings (SSSR count). The van der Waals surface area contributed by atoms with E-state index in [-0.39, 0.29) is 17.0 Å². The second-order valence-electron chi connectivity index (χ2n) is 6.61. The number of carbonyl (C=O) groups is 1. The topological polar surface area (TPSA) is 71.2 Å². The summed E-state index contributed by atoms with van der Waals surface area (Å²) in [4.78, 5) is 27.2. The second kappa shape index (κ2) is 9.55. The zero-order valence-electron chi connectivity index (χ0n) is 15.9. The van der Waals surface area contributed by atoms with Crippen LogP contribution < -0.4 is 15.6 Å². The fraction of sp³-hybridized carbons (Fsp3) is 0.217. The maximum absolute atomic E-state index is 12.2. The highest BCUT2D eigenvalue weighted by Gasteiger charge is 2.10. The Kier molecular flexibility index (Phi) is 6.63. The molecule has 1 aromatic heterocycles. The van der Waals surface area contributed by atoms with Crippen molar-refractivity contribution in [3.05, 3.63) is 88.2 Å². The average molecular weight is 376 g/mol. The molecule has 0 fully saturated rings. The predicted molar refractivity (Wildman–Crippen MR) is 111 cm³/mol. The molecule has 1 heterocycles. The molecule has 5 nitrogen and oxygen atoms in total. The molecule has 1 amide bonds. The third-order valence-corrected chi connectivity index (χ3v) is 4.39. The minimum atomic E-state index is -0.387. The van der Waals surface area contributed by atoms with Gasteiger partial charge in [-0.25, -0.2) is 0 Å². The number of ether oxygens (including phenoxy) is 1. The Morgan fingerprint density at radius 1 is 0.964 bits per heavy atom. The van der Waals surface area contributed by atoms with E-state index in [0.29, 0.717) is 18.8 Å². The van der Waals surface area contributed by atoms with Crippen LogP contribution in [0, 0.1) is 6.92 Å². The number of aromatic nitrogens is 1. The van der Waals surface area contributed by atoms with Gasteiger partial charge in [0.1, 0.15) is 11.3 Å². The SMILES string of the molecule is Cc1ccc(OCCCCNC(=O)c2ccc(-c3ccccc3)[nH]c2=O)cc1. The molecular formula is C23H24N2O3. The van der Waals surface area contributed by atoms with Gasteiger partial charge in [0.15, 0.2) is 0 Å². The normalized spacial score (nSPS) is 10.5. The predicted octanol–water partition coefficient (Wildman–Crippen LogP) is 3.94. The Morgan fingerprint density at radius 3 is 2.43 bits per heavy atom. The van der Waals surface area contributed by atoms with Crippen molar-refractivity contribution >= 4 is 5.91 Å². The fourth-order valence-electron chi connectivity index (χ4n) is 2.79. The summed E-state index contributed by atoms with van der Waals surface area (Å²) < 4.78 is 5.66. The van der Waals surface area contributed by atoms with Crippen LogP contribution in [0.4, 0.5) is 0 Å². The number of aryl methyl sites for hydroxylation is 1. The molecule has 0 atom stereocenters. The smallest absolute Gasteiger partial charge is 0.261 e. The fourth-order valence-corrected chi connectivity index (χ4v) is 2.79. The van der Waals surface area contributed by atoms with Crippen LogP contribution in [0.3, 0.4) is 0 Å². The van der Waals surface area contributed by atoms with Gasteiger partial charge >= 0.3 is 0 Å². The molecule has 0 aliphatic heterocycles. The Hall–Kier alpha value is -3.34. The highest BCUT2D eigenvalue weighted by atomic mass is 16.5. The lowest BCUT2D eigenvalue weighted by Gasteiger charge is -2.08. The van der Waals surface area contributed by atoms with Gasteiger partial charge in [0.2, 0.25) is 0 Å². The molecule has 3 aromatic rings. The number of carbonyl (C=O) groups excluding carboxylic acids is 1. The molecule has 0 aliphatic carbocycles. The zero-order chi connectivity index (χ0) is 19.8. The van der Waals surface area contributed by atoms with Gasteiger partial charge < -0.3 is 15.0 Å². The first kappa shape index (κ1) is 19.4. The summed E-state index contributed by atoms with van der Waals surface area (Å²) in [6, 6.07) is 20.8. The Labute approximate surface area is 164 Å². The number of amides is 1. The van der Waals surface area contributed by atoms with Gasteiger partial charge in [0.25, 0.3) is 11.5 Å². The first-order valence-electron chi connectivity index (χ1n) is 9.40. The Balaban J connectivity index is 1.43. The molecular weight excluding hydrogens is 352 g/mol. The van der Waals surface area contributed by atoms with E-state index in [9.17, 15) is 9.59 Å². The van der Waals surface area contributed by atoms with Crippen molar-refractivity contribution in [2.24, 2.45) is 0 Å². The zero-order valence-corrected chi connectivity index (χ0v) is 15.9. The van der Waals surface area contributed by atoms with Crippen LogP contribution in [0.5, 0.6) is 5.75 Å². The number of benzene rings is 2. The maximum atomic E-state index is 12.2. The molecule has 5 heteroatoms. The van der Waals surface area contributed by atoms with Gasteiger partial charge in [-0.2, -0.15) is 0 Å². The van der Waals surface area contributed by atoms with E-state index < -0.39 is 0 Å². The van der Waals surface area contributed by atoms with E-state index in [1.54, 1.807) is 12.1 Å². The van der Waals surface area contributed by atoms with Crippen molar-refractivity contribution in [3.63, 3.8) is 0 Å². The number of unbranched alkanes of at least 4 members (excludes halogenated alkanes) is 1. The van der Waals surface area contributed by atoms with Crippen molar-refractivity contribution < 1.29 is 9.53 Å². The standard InChI is InChI=1S/C23H24N2O3/c1-17-9-11-19(12-10-17)28-16-6-5-15-24-22(26)20-13-14-21(25-23(20)27)18-7-3-2-4-8-18/h2-4,7-14H,5-6,15-16H2,1H3,(H,24,26)(H,25,27). The highest BCUT2D eigenvalue weighted by molar-refractivity contribution is 5.94. The van der Waals surface area contributed by atoms with Gasteiger partial charge in [-0.15, -0.1) is 0 Å². The van der Waals surface area contributed by atoms with Crippen LogP contribution in [0.2, 0.25) is 0 Å². The average Bonchev–Trinajstić information content (AvgIpc) is 2.72. The summed E-state index contributed by atoms with van der Waals surface area (Å²) in [6.07, 6.45) is 1.59. The van der Waals surface area contributed by atoms with Gasteiger partial charge in [0, 0.05) is 12.2 Å². The van der Waals surface area contributed by atoms with Crippen molar-refractivity contribution in [2.45, 2.75) is 19.8 Å². The molecule has 0 bridgehead atoms. The summed E-state index contributed by atoms with van der Waals surface area (Å²) in [5.41, 5.74) is 2.52. The molecule has 28 heavy (non-hydrogen) atoms. The van der Waals surface area contributed by atoms with E-state index in [0.717, 1.165) is 24.2 Å². The molecule has 0 radical (unpaired) electrons. The molecule has 0 spiro atoms. The van der Waals surface area contributed by atoms with Crippen molar-refractivity contribution in [1.29, 1.82) is 0 Å². The van der Waals surface area contributed by atoms with E-state index in [1.165, 1.54) is 5.56 Å². The minimum absolute atomic E-state index is 0.121. The monoisotopic (exact) mass is 376 g/mol. The number of rotatable bonds is 8.